The van der Waals surface area contributed by atoms with E-state index < -0.39 is 51.5 Å². The minimum absolute atomic E-state index is 0.0360. The highest BCUT2D eigenvalue weighted by atomic mass is 35.5. The van der Waals surface area contributed by atoms with Crippen LogP contribution in [0.4, 0.5) is 5.69 Å². The van der Waals surface area contributed by atoms with Crippen LogP contribution in [0.5, 0.6) is 0 Å². The molecule has 0 amide bonds. The van der Waals surface area contributed by atoms with Crippen molar-refractivity contribution in [2.75, 3.05) is 6.26 Å². The fourth-order valence-corrected chi connectivity index (χ4v) is 3.54. The number of benzene rings is 1. The van der Waals surface area contributed by atoms with Crippen LogP contribution in [0.15, 0.2) is 18.2 Å². The van der Waals surface area contributed by atoms with Crippen molar-refractivity contribution in [1.82, 2.24) is 4.98 Å². The van der Waals surface area contributed by atoms with Crippen LogP contribution < -0.4 is 5.73 Å². The van der Waals surface area contributed by atoms with E-state index in [1.807, 2.05) is 0 Å². The third kappa shape index (κ3) is 5.98. The molecular formula is C17H20ClN3O8S. The van der Waals surface area contributed by atoms with Crippen LogP contribution in [0.2, 0.25) is 5.02 Å². The number of ketones is 1. The zero-order chi connectivity index (χ0) is 22.8. The lowest BCUT2D eigenvalue weighted by Gasteiger charge is -2.21. The number of nitrogens with zero attached hydrogens (tertiary/aromatic N) is 1. The maximum absolute atomic E-state index is 13.0. The molecule has 1 aromatic heterocycles. The maximum Gasteiger partial charge on any atom is 0.306 e. The molecule has 2 unspecified atom stereocenters. The average molecular weight is 462 g/mol. The van der Waals surface area contributed by atoms with Crippen molar-refractivity contribution in [2.24, 2.45) is 11.7 Å². The van der Waals surface area contributed by atoms with Gasteiger partial charge in [0.1, 0.15) is 11.7 Å². The number of aromatic amines is 1. The predicted molar refractivity (Wildman–Crippen MR) is 108 cm³/mol. The Kier molecular flexibility index (Phi) is 7.18. The Bertz CT molecular complexity index is 1100. The molecule has 2 atom stereocenters. The van der Waals surface area contributed by atoms with E-state index in [4.69, 9.17) is 22.1 Å². The highest BCUT2D eigenvalue weighted by Crippen LogP contribution is 2.31. The number of nitrogens with two attached hydrogens (primary N) is 1. The van der Waals surface area contributed by atoms with Gasteiger partial charge in [-0.1, -0.05) is 11.6 Å². The van der Waals surface area contributed by atoms with E-state index in [1.165, 1.54) is 12.1 Å². The molecule has 0 aliphatic heterocycles. The van der Waals surface area contributed by atoms with Gasteiger partial charge < -0.3 is 15.5 Å². The predicted octanol–water partition coefficient (Wildman–Crippen LogP) is 2.13. The number of non-ortho nitro benzene ring substituents is 1. The fraction of sp³-hybridized carbons (Fsp3) is 0.412. The van der Waals surface area contributed by atoms with Crippen molar-refractivity contribution in [3.8, 4) is 0 Å². The number of carbonyl (C=O) groups excluding carboxylic acids is 2. The van der Waals surface area contributed by atoms with Gasteiger partial charge >= 0.3 is 5.97 Å². The van der Waals surface area contributed by atoms with Gasteiger partial charge in [0.15, 0.2) is 5.78 Å². The Morgan fingerprint density at radius 1 is 1.30 bits per heavy atom. The maximum atomic E-state index is 13.0. The molecule has 0 saturated heterocycles. The summed E-state index contributed by atoms with van der Waals surface area (Å²) in [5, 5.41) is 11.6. The summed E-state index contributed by atoms with van der Waals surface area (Å²) in [4.78, 5) is 38.3. The van der Waals surface area contributed by atoms with Gasteiger partial charge in [0.05, 0.1) is 35.3 Å². The monoisotopic (exact) mass is 461 g/mol. The van der Waals surface area contributed by atoms with Crippen molar-refractivity contribution in [3.63, 3.8) is 0 Å². The van der Waals surface area contributed by atoms with Crippen LogP contribution in [-0.4, -0.2) is 48.7 Å². The molecule has 0 bridgehead atoms. The standard InChI is InChI=1S/C17H20ClN3O8S/c1-8(2)28-14(22)7-11(17(19)29-30(3,26)27)16(23)12-5-9-4-10(18)6-13(21(24)25)15(9)20-12/h4-6,8,11,17,20H,7,19H2,1-3H3. The van der Waals surface area contributed by atoms with E-state index in [2.05, 4.69) is 9.17 Å². The molecule has 0 radical (unpaired) electrons. The molecule has 30 heavy (non-hydrogen) atoms. The second-order valence-electron chi connectivity index (χ2n) is 6.81. The summed E-state index contributed by atoms with van der Waals surface area (Å²) in [6, 6.07) is 3.82. The van der Waals surface area contributed by atoms with Crippen LogP contribution >= 0.6 is 11.6 Å². The summed E-state index contributed by atoms with van der Waals surface area (Å²) in [6.07, 6.45) is -1.98. The lowest BCUT2D eigenvalue weighted by Crippen LogP contribution is -2.41. The third-order valence-electron chi connectivity index (χ3n) is 3.91. The van der Waals surface area contributed by atoms with Crippen molar-refractivity contribution in [2.45, 2.75) is 32.6 Å². The average Bonchev–Trinajstić information content (AvgIpc) is 2.99. The summed E-state index contributed by atoms with van der Waals surface area (Å²) in [6.45, 7) is 3.20. The number of H-pyrrole nitrogens is 1. The molecule has 2 aromatic rings. The number of halogens is 1. The number of nitro groups is 1. The Morgan fingerprint density at radius 2 is 1.93 bits per heavy atom. The highest BCUT2D eigenvalue weighted by molar-refractivity contribution is 7.86. The summed E-state index contributed by atoms with van der Waals surface area (Å²) in [7, 11) is -4.04. The van der Waals surface area contributed by atoms with Crippen molar-refractivity contribution < 1.29 is 31.9 Å². The molecule has 0 fully saturated rings. The van der Waals surface area contributed by atoms with Crippen LogP contribution in [0.3, 0.4) is 0 Å². The Labute approximate surface area is 176 Å². The highest BCUT2D eigenvalue weighted by Gasteiger charge is 2.34. The van der Waals surface area contributed by atoms with Crippen LogP contribution in [0.25, 0.3) is 10.9 Å². The van der Waals surface area contributed by atoms with E-state index >= 15 is 0 Å². The molecule has 0 spiro atoms. The molecule has 0 aliphatic rings. The molecule has 3 N–H and O–H groups in total. The van der Waals surface area contributed by atoms with E-state index in [9.17, 15) is 28.1 Å². The minimum Gasteiger partial charge on any atom is -0.463 e. The molecule has 0 aliphatic carbocycles. The Morgan fingerprint density at radius 3 is 2.47 bits per heavy atom. The van der Waals surface area contributed by atoms with Gasteiger partial charge in [-0.25, -0.2) is 0 Å². The van der Waals surface area contributed by atoms with Gasteiger partial charge in [0.25, 0.3) is 15.8 Å². The Hall–Kier alpha value is -2.54. The van der Waals surface area contributed by atoms with E-state index in [1.54, 1.807) is 13.8 Å². The van der Waals surface area contributed by atoms with E-state index in [0.29, 0.717) is 0 Å². The number of aromatic nitrogens is 1. The molecule has 2 rings (SSSR count). The number of rotatable bonds is 9. The number of hydrogen-bond acceptors (Lipinski definition) is 9. The molecule has 164 valence electrons. The first kappa shape index (κ1) is 23.7. The first-order valence-corrected chi connectivity index (χ1v) is 10.8. The van der Waals surface area contributed by atoms with Crippen molar-refractivity contribution in [3.05, 3.63) is 39.0 Å². The summed E-state index contributed by atoms with van der Waals surface area (Å²) in [5.74, 6) is -3.01. The van der Waals surface area contributed by atoms with Crippen molar-refractivity contribution in [1.29, 1.82) is 0 Å². The quantitative estimate of drug-likeness (QED) is 0.141. The zero-order valence-corrected chi connectivity index (χ0v) is 17.8. The lowest BCUT2D eigenvalue weighted by atomic mass is 9.96. The van der Waals surface area contributed by atoms with Crippen LogP contribution in [0.1, 0.15) is 30.8 Å². The van der Waals surface area contributed by atoms with Gasteiger partial charge in [0, 0.05) is 16.5 Å². The van der Waals surface area contributed by atoms with Crippen molar-refractivity contribution >= 4 is 50.1 Å². The van der Waals surface area contributed by atoms with Crippen LogP contribution in [-0.2, 0) is 23.8 Å². The lowest BCUT2D eigenvalue weighted by molar-refractivity contribution is -0.383. The normalized spacial score (nSPS) is 13.9. The number of fused-ring (bicyclic) bond motifs is 1. The van der Waals surface area contributed by atoms with Gasteiger partial charge in [-0.05, 0) is 26.0 Å². The number of hydrogen-bond donors (Lipinski definition) is 2. The van der Waals surface area contributed by atoms with E-state index in [0.717, 1.165) is 12.3 Å². The smallest absolute Gasteiger partial charge is 0.306 e. The fourth-order valence-electron chi connectivity index (χ4n) is 2.78. The SMILES string of the molecule is CC(C)OC(=O)CC(C(=O)c1cc2cc(Cl)cc([N+](=O)[O-])c2[nH]1)C(N)OS(C)(=O)=O. The zero-order valence-electron chi connectivity index (χ0n) is 16.2. The molecule has 11 nitrogen and oxygen atoms in total. The summed E-state index contributed by atoms with van der Waals surface area (Å²) < 4.78 is 32.6. The van der Waals surface area contributed by atoms with E-state index in [-0.39, 0.29) is 27.3 Å². The number of Topliss-reactive ketones (excluding diaryl/α,β-unsaturated/α-hetero) is 1. The second-order valence-corrected chi connectivity index (χ2v) is 8.84. The topological polar surface area (TPSA) is 172 Å². The number of esters is 1. The first-order valence-electron chi connectivity index (χ1n) is 8.62. The number of carbonyl (C=O) groups is 2. The summed E-state index contributed by atoms with van der Waals surface area (Å²) >= 11 is 5.89. The number of nitro benzene ring substituents is 1. The third-order valence-corrected chi connectivity index (χ3v) is 4.70. The number of ether oxygens (including phenoxy) is 1. The minimum atomic E-state index is -4.04. The molecular weight excluding hydrogens is 442 g/mol. The second kappa shape index (κ2) is 9.08. The molecule has 13 heteroatoms. The van der Waals surface area contributed by atoms with Gasteiger partial charge in [0.2, 0.25) is 0 Å². The molecule has 1 aromatic carbocycles. The van der Waals surface area contributed by atoms with Gasteiger partial charge in [-0.2, -0.15) is 8.42 Å². The number of nitrogens with one attached hydrogen (secondary N) is 1. The van der Waals surface area contributed by atoms with Crippen LogP contribution in [0, 0.1) is 16.0 Å². The first-order chi connectivity index (χ1) is 13.8. The van der Waals surface area contributed by atoms with Gasteiger partial charge in [-0.3, -0.25) is 23.9 Å². The largest absolute Gasteiger partial charge is 0.463 e. The van der Waals surface area contributed by atoms with Gasteiger partial charge in [-0.15, -0.1) is 0 Å². The molecule has 1 heterocycles. The molecule has 0 saturated carbocycles. The summed E-state index contributed by atoms with van der Waals surface area (Å²) in [5.41, 5.74) is 5.29. The Balaban J connectivity index is 2.47.